The lowest BCUT2D eigenvalue weighted by Gasteiger charge is -2.39. The molecule has 0 spiro atoms. The summed E-state index contributed by atoms with van der Waals surface area (Å²) in [6, 6.07) is 1.85. The number of carbonyl (C=O) groups is 1. The molecule has 134 valence electrons. The maximum Gasteiger partial charge on any atom is 0.260 e. The van der Waals surface area contributed by atoms with Crippen LogP contribution in [0.1, 0.15) is 25.1 Å². The van der Waals surface area contributed by atoms with Gasteiger partial charge in [-0.1, -0.05) is 0 Å². The Kier molecular flexibility index (Phi) is 4.71. The number of hydrogen-bond acceptors (Lipinski definition) is 5. The minimum atomic E-state index is -2.93. The van der Waals surface area contributed by atoms with Crippen LogP contribution in [-0.4, -0.2) is 56.0 Å². The summed E-state index contributed by atoms with van der Waals surface area (Å²) in [6.07, 6.45) is 1.78. The number of anilines is 1. The third kappa shape index (κ3) is 3.78. The molecule has 0 bridgehead atoms. The Hall–Kier alpha value is -2.49. The van der Waals surface area contributed by atoms with Crippen molar-refractivity contribution >= 4 is 11.7 Å². The lowest BCUT2D eigenvalue weighted by atomic mass is 9.92. The van der Waals surface area contributed by atoms with Gasteiger partial charge in [-0.25, -0.2) is 23.1 Å². The summed E-state index contributed by atoms with van der Waals surface area (Å²) in [7, 11) is 0. The quantitative estimate of drug-likeness (QED) is 0.874. The van der Waals surface area contributed by atoms with E-state index in [0.717, 1.165) is 6.20 Å². The summed E-state index contributed by atoms with van der Waals surface area (Å²) in [5.41, 5.74) is 0. The van der Waals surface area contributed by atoms with Crippen LogP contribution in [0.15, 0.2) is 24.7 Å². The number of nitrogens with zero attached hydrogens (tertiary/aromatic N) is 4. The maximum absolute atomic E-state index is 14.2. The molecule has 7 nitrogen and oxygen atoms in total. The number of alkyl halides is 2. The first kappa shape index (κ1) is 17.3. The van der Waals surface area contributed by atoms with Crippen LogP contribution in [0.3, 0.4) is 0 Å². The standard InChI is InChI=1S/C15H17F3N6O/c1-9(14(25)22-12-3-2-10(16)6-19-12)24-5-4-15(17,18)11(7-24)13-20-8-21-23-13/h2-3,6,8-9,11H,4-5,7H2,1H3,(H,19,22,25)(H,20,21,23)/t9?,11-/m0/s1. The van der Waals surface area contributed by atoms with Crippen molar-refractivity contribution in [2.24, 2.45) is 0 Å². The van der Waals surface area contributed by atoms with Crippen molar-refractivity contribution in [2.45, 2.75) is 31.2 Å². The van der Waals surface area contributed by atoms with Crippen LogP contribution in [0.25, 0.3) is 0 Å². The van der Waals surface area contributed by atoms with E-state index in [0.29, 0.717) is 0 Å². The van der Waals surface area contributed by atoms with Gasteiger partial charge in [0.15, 0.2) is 0 Å². The highest BCUT2D eigenvalue weighted by Crippen LogP contribution is 2.39. The van der Waals surface area contributed by atoms with Gasteiger partial charge < -0.3 is 5.32 Å². The van der Waals surface area contributed by atoms with Crippen molar-refractivity contribution in [3.05, 3.63) is 36.3 Å². The van der Waals surface area contributed by atoms with Gasteiger partial charge in [0.25, 0.3) is 5.92 Å². The second-order valence-corrected chi connectivity index (χ2v) is 5.96. The fraction of sp³-hybridized carbons (Fsp3) is 0.467. The molecule has 1 fully saturated rings. The Labute approximate surface area is 141 Å². The van der Waals surface area contributed by atoms with Crippen LogP contribution < -0.4 is 5.32 Å². The third-order valence-electron chi connectivity index (χ3n) is 4.33. The number of hydrogen-bond donors (Lipinski definition) is 2. The molecule has 25 heavy (non-hydrogen) atoms. The van der Waals surface area contributed by atoms with Crippen molar-refractivity contribution in [1.82, 2.24) is 25.1 Å². The minimum Gasteiger partial charge on any atom is -0.309 e. The second-order valence-electron chi connectivity index (χ2n) is 5.96. The summed E-state index contributed by atoms with van der Waals surface area (Å²) in [5.74, 6) is -4.71. The first-order chi connectivity index (χ1) is 11.9. The maximum atomic E-state index is 14.2. The summed E-state index contributed by atoms with van der Waals surface area (Å²) in [4.78, 5) is 21.6. The molecule has 1 saturated heterocycles. The second kappa shape index (κ2) is 6.79. The van der Waals surface area contributed by atoms with Crippen molar-refractivity contribution < 1.29 is 18.0 Å². The predicted molar refractivity (Wildman–Crippen MR) is 82.5 cm³/mol. The fourth-order valence-electron chi connectivity index (χ4n) is 2.79. The number of amides is 1. The smallest absolute Gasteiger partial charge is 0.260 e. The number of aromatic nitrogens is 4. The molecule has 1 aliphatic rings. The molecule has 2 atom stereocenters. The van der Waals surface area contributed by atoms with E-state index < -0.39 is 29.6 Å². The molecule has 0 aliphatic carbocycles. The van der Waals surface area contributed by atoms with Gasteiger partial charge in [-0.2, -0.15) is 5.10 Å². The highest BCUT2D eigenvalue weighted by molar-refractivity contribution is 5.93. The fourth-order valence-corrected chi connectivity index (χ4v) is 2.79. The summed E-state index contributed by atoms with van der Waals surface area (Å²) in [5, 5.41) is 8.66. The van der Waals surface area contributed by atoms with E-state index >= 15 is 0 Å². The van der Waals surface area contributed by atoms with Crippen LogP contribution in [0, 0.1) is 5.82 Å². The van der Waals surface area contributed by atoms with Gasteiger partial charge in [-0.15, -0.1) is 0 Å². The number of rotatable bonds is 4. The Morgan fingerprint density at radius 1 is 1.44 bits per heavy atom. The minimum absolute atomic E-state index is 0.0341. The summed E-state index contributed by atoms with van der Waals surface area (Å²) >= 11 is 0. The monoisotopic (exact) mass is 354 g/mol. The molecule has 1 aliphatic heterocycles. The lowest BCUT2D eigenvalue weighted by molar-refractivity contribution is -0.126. The van der Waals surface area contributed by atoms with Crippen LogP contribution in [-0.2, 0) is 4.79 Å². The number of H-pyrrole nitrogens is 1. The van der Waals surface area contributed by atoms with E-state index in [2.05, 4.69) is 25.5 Å². The normalized spacial score (nSPS) is 21.7. The zero-order valence-corrected chi connectivity index (χ0v) is 13.4. The number of halogens is 3. The zero-order valence-electron chi connectivity index (χ0n) is 13.4. The van der Waals surface area contributed by atoms with Crippen molar-refractivity contribution in [2.75, 3.05) is 18.4 Å². The number of carbonyl (C=O) groups excluding carboxylic acids is 1. The summed E-state index contributed by atoms with van der Waals surface area (Å²) in [6.45, 7) is 1.66. The molecule has 10 heteroatoms. The van der Waals surface area contributed by atoms with Crippen LogP contribution >= 0.6 is 0 Å². The van der Waals surface area contributed by atoms with Gasteiger partial charge in [-0.05, 0) is 19.1 Å². The largest absolute Gasteiger partial charge is 0.309 e. The lowest BCUT2D eigenvalue weighted by Crippen LogP contribution is -2.52. The molecule has 0 saturated carbocycles. The number of piperidine rings is 1. The van der Waals surface area contributed by atoms with Crippen molar-refractivity contribution in [3.63, 3.8) is 0 Å². The van der Waals surface area contributed by atoms with E-state index in [1.165, 1.54) is 18.5 Å². The van der Waals surface area contributed by atoms with E-state index in [1.807, 2.05) is 0 Å². The molecule has 1 amide bonds. The molecule has 0 aromatic carbocycles. The van der Waals surface area contributed by atoms with E-state index in [9.17, 15) is 18.0 Å². The zero-order chi connectivity index (χ0) is 18.0. The molecule has 1 unspecified atom stereocenters. The summed E-state index contributed by atoms with van der Waals surface area (Å²) < 4.78 is 41.2. The van der Waals surface area contributed by atoms with Crippen molar-refractivity contribution in [3.8, 4) is 0 Å². The topological polar surface area (TPSA) is 86.8 Å². The Morgan fingerprint density at radius 3 is 2.88 bits per heavy atom. The number of nitrogens with one attached hydrogen (secondary N) is 2. The molecule has 2 aromatic heterocycles. The average molecular weight is 354 g/mol. The molecule has 3 heterocycles. The molecule has 0 radical (unpaired) electrons. The Bertz CT molecular complexity index is 721. The van der Waals surface area contributed by atoms with Gasteiger partial charge in [0, 0.05) is 19.5 Å². The number of pyridine rings is 1. The Morgan fingerprint density at radius 2 is 2.24 bits per heavy atom. The molecular weight excluding hydrogens is 337 g/mol. The first-order valence-corrected chi connectivity index (χ1v) is 7.76. The van der Waals surface area contributed by atoms with E-state index in [-0.39, 0.29) is 31.2 Å². The van der Waals surface area contributed by atoms with Gasteiger partial charge in [0.05, 0.1) is 18.2 Å². The highest BCUT2D eigenvalue weighted by atomic mass is 19.3. The van der Waals surface area contributed by atoms with Crippen LogP contribution in [0.5, 0.6) is 0 Å². The number of aromatic amines is 1. The van der Waals surface area contributed by atoms with E-state index in [1.54, 1.807) is 11.8 Å². The average Bonchev–Trinajstić information content (AvgIpc) is 3.10. The first-order valence-electron chi connectivity index (χ1n) is 7.76. The van der Waals surface area contributed by atoms with Crippen LogP contribution in [0.2, 0.25) is 0 Å². The van der Waals surface area contributed by atoms with Gasteiger partial charge in [-0.3, -0.25) is 14.8 Å². The number of likely N-dealkylation sites (tertiary alicyclic amines) is 1. The van der Waals surface area contributed by atoms with Gasteiger partial charge >= 0.3 is 0 Å². The Balaban J connectivity index is 1.68. The van der Waals surface area contributed by atoms with E-state index in [4.69, 9.17) is 0 Å². The molecule has 3 rings (SSSR count). The highest BCUT2D eigenvalue weighted by Gasteiger charge is 2.47. The van der Waals surface area contributed by atoms with Crippen molar-refractivity contribution in [1.29, 1.82) is 0 Å². The van der Waals surface area contributed by atoms with Gasteiger partial charge in [0.1, 0.15) is 23.8 Å². The third-order valence-corrected chi connectivity index (χ3v) is 4.33. The van der Waals surface area contributed by atoms with Gasteiger partial charge in [0.2, 0.25) is 5.91 Å². The molecular formula is C15H17F3N6O. The molecule has 2 aromatic rings. The van der Waals surface area contributed by atoms with Crippen LogP contribution in [0.4, 0.5) is 19.0 Å². The predicted octanol–water partition coefficient (Wildman–Crippen LogP) is 1.79. The molecule has 2 N–H and O–H groups in total. The SMILES string of the molecule is CC(C(=O)Nc1ccc(F)cn1)N1CCC(F)(F)[C@H](c2ncn[nH]2)C1.